The number of nitrogens with one attached hydrogen (secondary N) is 1. The molecule has 2 aromatic heterocycles. The van der Waals surface area contributed by atoms with Gasteiger partial charge in [0.05, 0.1) is 22.3 Å². The number of rotatable bonds is 7. The van der Waals surface area contributed by atoms with Crippen molar-refractivity contribution in [1.82, 2.24) is 14.5 Å². The first-order valence-corrected chi connectivity index (χ1v) is 11.3. The maximum atomic E-state index is 13.4. The highest BCUT2D eigenvalue weighted by Gasteiger charge is 2.14. The summed E-state index contributed by atoms with van der Waals surface area (Å²) in [5.74, 6) is -2.24. The second-order valence-electron chi connectivity index (χ2n) is 6.62. The maximum absolute atomic E-state index is 13.4. The summed E-state index contributed by atoms with van der Waals surface area (Å²) >= 11 is 2.30. The number of halogens is 2. The summed E-state index contributed by atoms with van der Waals surface area (Å²) in [4.78, 5) is 34.0. The molecule has 0 spiro atoms. The van der Waals surface area contributed by atoms with Gasteiger partial charge in [0, 0.05) is 17.5 Å². The normalized spacial score (nSPS) is 10.9. The Labute approximate surface area is 189 Å². The lowest BCUT2D eigenvalue weighted by atomic mass is 10.2. The summed E-state index contributed by atoms with van der Waals surface area (Å²) in [6.07, 6.45) is 1.59. The van der Waals surface area contributed by atoms with Crippen molar-refractivity contribution < 1.29 is 13.6 Å². The first-order chi connectivity index (χ1) is 15.5. The molecule has 1 N–H and O–H groups in total. The third-order valence-corrected chi connectivity index (χ3v) is 6.17. The number of allylic oxidation sites excluding steroid dienone is 1. The van der Waals surface area contributed by atoms with Crippen LogP contribution in [0.3, 0.4) is 0 Å². The Hall–Kier alpha value is -3.37. The molecule has 0 bridgehead atoms. The molecule has 0 aliphatic heterocycles. The van der Waals surface area contributed by atoms with E-state index in [-0.39, 0.29) is 23.8 Å². The maximum Gasteiger partial charge on any atom is 0.262 e. The number of nitrogens with zero attached hydrogens (tertiary/aromatic N) is 3. The SMILES string of the molecule is C=CCn1c(SCC(=O)Nc2nc(-c3ccc(F)c(F)c3)cs2)nc2ccccc2c1=O. The van der Waals surface area contributed by atoms with Crippen molar-refractivity contribution in [2.45, 2.75) is 11.7 Å². The van der Waals surface area contributed by atoms with E-state index in [0.29, 0.717) is 32.4 Å². The van der Waals surface area contributed by atoms with E-state index >= 15 is 0 Å². The van der Waals surface area contributed by atoms with Crippen LogP contribution < -0.4 is 10.9 Å². The number of fused-ring (bicyclic) bond motifs is 1. The van der Waals surface area contributed by atoms with Crippen LogP contribution in [0, 0.1) is 11.6 Å². The zero-order chi connectivity index (χ0) is 22.7. The Bertz CT molecular complexity index is 1380. The lowest BCUT2D eigenvalue weighted by Gasteiger charge is -2.11. The fourth-order valence-electron chi connectivity index (χ4n) is 2.95. The van der Waals surface area contributed by atoms with Gasteiger partial charge >= 0.3 is 0 Å². The van der Waals surface area contributed by atoms with Crippen molar-refractivity contribution >= 4 is 45.0 Å². The lowest BCUT2D eigenvalue weighted by Crippen LogP contribution is -2.23. The number of amides is 1. The van der Waals surface area contributed by atoms with Crippen LogP contribution in [0.4, 0.5) is 13.9 Å². The largest absolute Gasteiger partial charge is 0.301 e. The number of para-hydroxylation sites is 1. The van der Waals surface area contributed by atoms with Crippen LogP contribution in [0.1, 0.15) is 0 Å². The van der Waals surface area contributed by atoms with Crippen molar-refractivity contribution in [2.24, 2.45) is 0 Å². The van der Waals surface area contributed by atoms with Gasteiger partial charge in [0.2, 0.25) is 5.91 Å². The first-order valence-electron chi connectivity index (χ1n) is 9.40. The molecule has 10 heteroatoms. The highest BCUT2D eigenvalue weighted by Crippen LogP contribution is 2.26. The fraction of sp³-hybridized carbons (Fsp3) is 0.0909. The van der Waals surface area contributed by atoms with Crippen molar-refractivity contribution in [3.05, 3.63) is 82.5 Å². The van der Waals surface area contributed by atoms with Gasteiger partial charge in [-0.15, -0.1) is 17.9 Å². The Kier molecular flexibility index (Phi) is 6.42. The molecule has 4 rings (SSSR count). The van der Waals surface area contributed by atoms with E-state index in [1.807, 2.05) is 0 Å². The number of carbonyl (C=O) groups is 1. The molecule has 6 nitrogen and oxygen atoms in total. The van der Waals surface area contributed by atoms with E-state index in [1.165, 1.54) is 22.0 Å². The highest BCUT2D eigenvalue weighted by molar-refractivity contribution is 7.99. The topological polar surface area (TPSA) is 76.9 Å². The number of aromatic nitrogens is 3. The monoisotopic (exact) mass is 470 g/mol. The van der Waals surface area contributed by atoms with Gasteiger partial charge in [0.15, 0.2) is 21.9 Å². The first kappa shape index (κ1) is 21.8. The van der Waals surface area contributed by atoms with Crippen LogP contribution >= 0.6 is 23.1 Å². The van der Waals surface area contributed by atoms with Gasteiger partial charge in [-0.1, -0.05) is 30.0 Å². The number of hydrogen-bond donors (Lipinski definition) is 1. The molecule has 0 aliphatic rings. The predicted molar refractivity (Wildman–Crippen MR) is 123 cm³/mol. The smallest absolute Gasteiger partial charge is 0.262 e. The second kappa shape index (κ2) is 9.41. The molecule has 0 atom stereocenters. The minimum absolute atomic E-state index is 0.00200. The van der Waals surface area contributed by atoms with E-state index in [0.717, 1.165) is 23.9 Å². The van der Waals surface area contributed by atoms with Crippen LogP contribution in [-0.2, 0) is 11.3 Å². The molecule has 2 aromatic carbocycles. The van der Waals surface area contributed by atoms with E-state index in [9.17, 15) is 18.4 Å². The molecule has 2 heterocycles. The molecular formula is C22H16F2N4O2S2. The molecule has 4 aromatic rings. The Morgan fingerprint density at radius 2 is 2.00 bits per heavy atom. The minimum atomic E-state index is -0.967. The van der Waals surface area contributed by atoms with E-state index in [4.69, 9.17) is 0 Å². The van der Waals surface area contributed by atoms with Crippen molar-refractivity contribution in [1.29, 1.82) is 0 Å². The number of anilines is 1. The number of carbonyl (C=O) groups excluding carboxylic acids is 1. The van der Waals surface area contributed by atoms with Crippen LogP contribution in [0.25, 0.3) is 22.2 Å². The molecule has 0 saturated carbocycles. The summed E-state index contributed by atoms with van der Waals surface area (Å²) < 4.78 is 28.0. The Balaban J connectivity index is 1.48. The van der Waals surface area contributed by atoms with Gasteiger partial charge < -0.3 is 5.32 Å². The Morgan fingerprint density at radius 1 is 1.19 bits per heavy atom. The fourth-order valence-corrected chi connectivity index (χ4v) is 4.50. The average Bonchev–Trinajstić information content (AvgIpc) is 3.25. The van der Waals surface area contributed by atoms with Crippen LogP contribution in [-0.4, -0.2) is 26.2 Å². The van der Waals surface area contributed by atoms with Gasteiger partial charge in [0.1, 0.15) is 0 Å². The molecule has 0 saturated heterocycles. The average molecular weight is 471 g/mol. The summed E-state index contributed by atoms with van der Waals surface area (Å²) in [7, 11) is 0. The van der Waals surface area contributed by atoms with Crippen molar-refractivity contribution in [3.63, 3.8) is 0 Å². The van der Waals surface area contributed by atoms with Gasteiger partial charge in [0.25, 0.3) is 5.56 Å². The molecular weight excluding hydrogens is 454 g/mol. The van der Waals surface area contributed by atoms with Crippen molar-refractivity contribution in [3.8, 4) is 11.3 Å². The second-order valence-corrected chi connectivity index (χ2v) is 8.42. The number of benzene rings is 2. The van der Waals surface area contributed by atoms with Crippen LogP contribution in [0.2, 0.25) is 0 Å². The number of thioether (sulfide) groups is 1. The van der Waals surface area contributed by atoms with Crippen molar-refractivity contribution in [2.75, 3.05) is 11.1 Å². The summed E-state index contributed by atoms with van der Waals surface area (Å²) in [5.41, 5.74) is 1.18. The third-order valence-electron chi connectivity index (χ3n) is 4.44. The Morgan fingerprint density at radius 3 is 2.78 bits per heavy atom. The van der Waals surface area contributed by atoms with Gasteiger partial charge in [-0.25, -0.2) is 18.7 Å². The van der Waals surface area contributed by atoms with Crippen LogP contribution in [0.5, 0.6) is 0 Å². The van der Waals surface area contributed by atoms with E-state index < -0.39 is 11.6 Å². The third kappa shape index (κ3) is 4.61. The molecule has 32 heavy (non-hydrogen) atoms. The number of hydrogen-bond acceptors (Lipinski definition) is 6. The number of thiazole rings is 1. The minimum Gasteiger partial charge on any atom is -0.301 e. The molecule has 162 valence electrons. The molecule has 0 aliphatic carbocycles. The molecule has 0 radical (unpaired) electrons. The summed E-state index contributed by atoms with van der Waals surface area (Å²) in [5, 5.41) is 5.55. The van der Waals surface area contributed by atoms with Gasteiger partial charge in [-0.05, 0) is 30.3 Å². The molecule has 1 amide bonds. The highest BCUT2D eigenvalue weighted by atomic mass is 32.2. The molecule has 0 fully saturated rings. The summed E-state index contributed by atoms with van der Waals surface area (Å²) in [6, 6.07) is 10.5. The zero-order valence-corrected chi connectivity index (χ0v) is 18.2. The van der Waals surface area contributed by atoms with Gasteiger partial charge in [-0.3, -0.25) is 14.2 Å². The van der Waals surface area contributed by atoms with Gasteiger partial charge in [-0.2, -0.15) is 0 Å². The summed E-state index contributed by atoms with van der Waals surface area (Å²) in [6.45, 7) is 3.95. The van der Waals surface area contributed by atoms with E-state index in [1.54, 1.807) is 35.7 Å². The standard InChI is InChI=1S/C22H16F2N4O2S2/c1-2-9-28-20(30)14-5-3-4-6-17(14)26-22(28)32-12-19(29)27-21-25-18(11-31-21)13-7-8-15(23)16(24)10-13/h2-8,10-11H,1,9,12H2,(H,25,27,29). The lowest BCUT2D eigenvalue weighted by molar-refractivity contribution is -0.113. The molecule has 0 unspecified atom stereocenters. The van der Waals surface area contributed by atoms with Crippen LogP contribution in [0.15, 0.2) is 70.5 Å². The van der Waals surface area contributed by atoms with E-state index in [2.05, 4.69) is 21.9 Å². The zero-order valence-electron chi connectivity index (χ0n) is 16.5. The quantitative estimate of drug-likeness (QED) is 0.240. The predicted octanol–water partition coefficient (Wildman–Crippen LogP) is 4.72.